The van der Waals surface area contributed by atoms with E-state index in [1.807, 2.05) is 28.8 Å². The van der Waals surface area contributed by atoms with E-state index in [0.29, 0.717) is 39.5 Å². The predicted octanol–water partition coefficient (Wildman–Crippen LogP) is 4.67. The van der Waals surface area contributed by atoms with Gasteiger partial charge in [0.1, 0.15) is 5.75 Å². The number of benzene rings is 3. The highest BCUT2D eigenvalue weighted by atomic mass is 35.5. The van der Waals surface area contributed by atoms with E-state index in [1.54, 1.807) is 49.7 Å². The van der Waals surface area contributed by atoms with Crippen LogP contribution in [0.3, 0.4) is 0 Å². The van der Waals surface area contributed by atoms with Gasteiger partial charge in [-0.1, -0.05) is 23.7 Å². The van der Waals surface area contributed by atoms with Crippen LogP contribution in [0.15, 0.2) is 71.7 Å². The lowest BCUT2D eigenvalue weighted by atomic mass is 10.0. The summed E-state index contributed by atoms with van der Waals surface area (Å²) in [4.78, 5) is 26.6. The second-order valence-corrected chi connectivity index (χ2v) is 7.85. The minimum absolute atomic E-state index is 0.0709. The van der Waals surface area contributed by atoms with E-state index in [0.717, 1.165) is 11.3 Å². The third kappa shape index (κ3) is 3.59. The van der Waals surface area contributed by atoms with Gasteiger partial charge >= 0.3 is 0 Å². The summed E-state index contributed by atoms with van der Waals surface area (Å²) in [6.45, 7) is 0.515. The van der Waals surface area contributed by atoms with E-state index >= 15 is 0 Å². The molecule has 2 heterocycles. The molecule has 0 radical (unpaired) electrons. The molecule has 1 aliphatic heterocycles. The normalized spacial score (nSPS) is 12.2. The molecule has 5 rings (SSSR count). The van der Waals surface area contributed by atoms with Crippen LogP contribution in [0.4, 0.5) is 0 Å². The van der Waals surface area contributed by atoms with Gasteiger partial charge in [-0.2, -0.15) is 0 Å². The van der Waals surface area contributed by atoms with Crippen LogP contribution in [0.5, 0.6) is 17.2 Å². The lowest BCUT2D eigenvalue weighted by Crippen LogP contribution is -2.20. The Kier molecular flexibility index (Phi) is 5.07. The number of ketones is 1. The third-order valence-electron chi connectivity index (χ3n) is 5.41. The summed E-state index contributed by atoms with van der Waals surface area (Å²) < 4.78 is 18.2. The lowest BCUT2D eigenvalue weighted by molar-refractivity contribution is 0.103. The second kappa shape index (κ2) is 8.05. The summed E-state index contributed by atoms with van der Waals surface area (Å²) in [7, 11) is 1.61. The van der Waals surface area contributed by atoms with E-state index in [4.69, 9.17) is 25.8 Å². The van der Waals surface area contributed by atoms with Crippen molar-refractivity contribution >= 4 is 28.3 Å². The average molecular weight is 448 g/mol. The Labute approximate surface area is 188 Å². The predicted molar refractivity (Wildman–Crippen MR) is 121 cm³/mol. The smallest absolute Gasteiger partial charge is 0.231 e. The number of carbonyl (C=O) groups excluding carboxylic acids is 1. The van der Waals surface area contributed by atoms with Gasteiger partial charge in [-0.3, -0.25) is 9.59 Å². The van der Waals surface area contributed by atoms with Crippen molar-refractivity contribution in [3.05, 3.63) is 98.8 Å². The summed E-state index contributed by atoms with van der Waals surface area (Å²) in [5, 5.41) is 0.903. The summed E-state index contributed by atoms with van der Waals surface area (Å²) >= 11 is 5.95. The van der Waals surface area contributed by atoms with E-state index in [2.05, 4.69) is 0 Å². The first-order valence-electron chi connectivity index (χ1n) is 9.93. The van der Waals surface area contributed by atoms with Gasteiger partial charge in [-0.05, 0) is 48.0 Å². The molecule has 6 nitrogen and oxygen atoms in total. The van der Waals surface area contributed by atoms with Crippen molar-refractivity contribution in [1.29, 1.82) is 0 Å². The number of pyridine rings is 1. The number of methoxy groups -OCH3 is 1. The molecule has 0 spiro atoms. The Balaban J connectivity index is 1.70. The Morgan fingerprint density at radius 1 is 1.06 bits per heavy atom. The maximum atomic E-state index is 13.3. The number of hydrogen-bond donors (Lipinski definition) is 0. The van der Waals surface area contributed by atoms with Crippen molar-refractivity contribution in [2.24, 2.45) is 0 Å². The number of nitrogens with zero attached hydrogens (tertiary/aromatic N) is 1. The molecular weight excluding hydrogens is 430 g/mol. The van der Waals surface area contributed by atoms with Gasteiger partial charge in [0.25, 0.3) is 0 Å². The van der Waals surface area contributed by atoms with Crippen molar-refractivity contribution in [3.8, 4) is 17.2 Å². The standard InChI is InChI=1S/C25H18ClNO5/c1-30-18-4-2-3-15(9-18)12-27-13-20(24(28)16-5-7-17(26)8-6-16)25(29)19-10-22-23(11-21(19)27)32-14-31-22/h2-11,13H,12,14H2,1H3. The molecule has 0 bridgehead atoms. The summed E-state index contributed by atoms with van der Waals surface area (Å²) in [6, 6.07) is 17.5. The molecule has 0 fully saturated rings. The van der Waals surface area contributed by atoms with Crippen LogP contribution in [0.2, 0.25) is 5.02 Å². The van der Waals surface area contributed by atoms with Crippen molar-refractivity contribution in [1.82, 2.24) is 4.57 Å². The zero-order chi connectivity index (χ0) is 22.2. The van der Waals surface area contributed by atoms with Crippen LogP contribution in [-0.4, -0.2) is 24.3 Å². The third-order valence-corrected chi connectivity index (χ3v) is 5.66. The highest BCUT2D eigenvalue weighted by molar-refractivity contribution is 6.30. The first-order chi connectivity index (χ1) is 15.5. The summed E-state index contributed by atoms with van der Waals surface area (Å²) in [5.41, 5.74) is 1.70. The van der Waals surface area contributed by atoms with Crippen LogP contribution in [0, 0.1) is 0 Å². The highest BCUT2D eigenvalue weighted by Gasteiger charge is 2.22. The Hall–Kier alpha value is -3.77. The van der Waals surface area contributed by atoms with Crippen molar-refractivity contribution in [2.45, 2.75) is 6.54 Å². The van der Waals surface area contributed by atoms with Crippen molar-refractivity contribution < 1.29 is 19.0 Å². The maximum absolute atomic E-state index is 13.3. The fourth-order valence-corrected chi connectivity index (χ4v) is 3.92. The molecule has 0 amide bonds. The molecule has 0 saturated carbocycles. The number of carbonyl (C=O) groups is 1. The summed E-state index contributed by atoms with van der Waals surface area (Å²) in [6.07, 6.45) is 1.60. The zero-order valence-corrected chi connectivity index (χ0v) is 17.9. The second-order valence-electron chi connectivity index (χ2n) is 7.41. The van der Waals surface area contributed by atoms with Crippen LogP contribution < -0.4 is 19.6 Å². The van der Waals surface area contributed by atoms with Crippen LogP contribution >= 0.6 is 11.6 Å². The Morgan fingerprint density at radius 3 is 2.56 bits per heavy atom. The fourth-order valence-electron chi connectivity index (χ4n) is 3.80. The highest BCUT2D eigenvalue weighted by Crippen LogP contribution is 2.35. The van der Waals surface area contributed by atoms with Gasteiger partial charge in [-0.25, -0.2) is 0 Å². The molecule has 0 N–H and O–H groups in total. The van der Waals surface area contributed by atoms with Gasteiger partial charge in [0, 0.05) is 29.4 Å². The Bertz CT molecular complexity index is 1410. The first kappa shape index (κ1) is 20.2. The van der Waals surface area contributed by atoms with Gasteiger partial charge < -0.3 is 18.8 Å². The number of ether oxygens (including phenoxy) is 3. The molecule has 7 heteroatoms. The van der Waals surface area contributed by atoms with E-state index in [-0.39, 0.29) is 23.6 Å². The molecule has 0 unspecified atom stereocenters. The fraction of sp³-hybridized carbons (Fsp3) is 0.120. The molecule has 0 aliphatic carbocycles. The molecule has 0 atom stereocenters. The molecule has 32 heavy (non-hydrogen) atoms. The molecule has 0 saturated heterocycles. The molecule has 1 aromatic heterocycles. The number of hydrogen-bond acceptors (Lipinski definition) is 5. The van der Waals surface area contributed by atoms with Crippen LogP contribution in [-0.2, 0) is 6.54 Å². The van der Waals surface area contributed by atoms with Crippen LogP contribution in [0.25, 0.3) is 10.9 Å². The average Bonchev–Trinajstić information content (AvgIpc) is 3.28. The number of halogens is 1. The van der Waals surface area contributed by atoms with Crippen LogP contribution in [0.1, 0.15) is 21.5 Å². The zero-order valence-electron chi connectivity index (χ0n) is 17.1. The van der Waals surface area contributed by atoms with Gasteiger partial charge in [0.2, 0.25) is 12.2 Å². The maximum Gasteiger partial charge on any atom is 0.231 e. The quantitative estimate of drug-likeness (QED) is 0.416. The van der Waals surface area contributed by atoms with Gasteiger partial charge in [0.15, 0.2) is 17.3 Å². The largest absolute Gasteiger partial charge is 0.497 e. The van der Waals surface area contributed by atoms with E-state index in [9.17, 15) is 9.59 Å². The minimum atomic E-state index is -0.370. The monoisotopic (exact) mass is 447 g/mol. The van der Waals surface area contributed by atoms with Gasteiger partial charge in [0.05, 0.1) is 23.6 Å². The topological polar surface area (TPSA) is 66.8 Å². The van der Waals surface area contributed by atoms with E-state index < -0.39 is 0 Å². The summed E-state index contributed by atoms with van der Waals surface area (Å²) in [5.74, 6) is 1.40. The molecule has 4 aromatic rings. The van der Waals surface area contributed by atoms with E-state index in [1.165, 1.54) is 0 Å². The lowest BCUT2D eigenvalue weighted by Gasteiger charge is -2.15. The minimum Gasteiger partial charge on any atom is -0.497 e. The molecule has 160 valence electrons. The molecular formula is C25H18ClNO5. The Morgan fingerprint density at radius 2 is 1.81 bits per heavy atom. The van der Waals surface area contributed by atoms with Gasteiger partial charge in [-0.15, -0.1) is 0 Å². The number of fused-ring (bicyclic) bond motifs is 2. The number of rotatable bonds is 5. The number of aromatic nitrogens is 1. The first-order valence-corrected chi connectivity index (χ1v) is 10.3. The van der Waals surface area contributed by atoms with Crippen molar-refractivity contribution in [2.75, 3.05) is 13.9 Å². The molecule has 1 aliphatic rings. The SMILES string of the molecule is COc1cccc(Cn2cc(C(=O)c3ccc(Cl)cc3)c(=O)c3cc4c(cc32)OCO4)c1. The van der Waals surface area contributed by atoms with Crippen molar-refractivity contribution in [3.63, 3.8) is 0 Å². The molecule has 3 aromatic carbocycles.